The van der Waals surface area contributed by atoms with Gasteiger partial charge < -0.3 is 14.6 Å². The number of aromatic nitrogens is 4. The molecule has 0 fully saturated rings. The second kappa shape index (κ2) is 18.2. The molecule has 0 amide bonds. The SMILES string of the molecule is Cc1ccc(S(=O)(=O)OCC(Oc2cnn(C)c(=O)c2Cl)c2ccc(C(C)(C)C)cc2)cc1.Cn1ncc(OC(CO)c2ccc(C(C)(C)C)cc2)c(Cl)c1=O. The zero-order chi connectivity index (χ0) is 41.6. The Morgan fingerprint density at radius 3 is 1.46 bits per heavy atom. The molecule has 2 aromatic heterocycles. The largest absolute Gasteiger partial charge is 0.480 e. The lowest BCUT2D eigenvalue weighted by atomic mass is 9.86. The van der Waals surface area contributed by atoms with Gasteiger partial charge in [-0.2, -0.15) is 18.6 Å². The number of benzene rings is 3. The smallest absolute Gasteiger partial charge is 0.297 e. The fraction of sp³-hybridized carbons (Fsp3) is 0.366. The van der Waals surface area contributed by atoms with E-state index in [0.29, 0.717) is 5.56 Å². The van der Waals surface area contributed by atoms with E-state index in [9.17, 15) is 23.1 Å². The zero-order valence-electron chi connectivity index (χ0n) is 32.9. The summed E-state index contributed by atoms with van der Waals surface area (Å²) in [7, 11) is -1.05. The molecule has 2 heterocycles. The molecular formula is C41H48Cl2N4O8S. The molecule has 15 heteroatoms. The summed E-state index contributed by atoms with van der Waals surface area (Å²) in [5, 5.41) is 17.2. The summed E-state index contributed by atoms with van der Waals surface area (Å²) in [5.41, 5.74) is 3.72. The van der Waals surface area contributed by atoms with Crippen LogP contribution in [0.2, 0.25) is 10.0 Å². The zero-order valence-corrected chi connectivity index (χ0v) is 35.2. The maximum atomic E-state index is 12.7. The molecule has 12 nitrogen and oxygen atoms in total. The maximum absolute atomic E-state index is 12.7. The van der Waals surface area contributed by atoms with Crippen molar-refractivity contribution >= 4 is 33.3 Å². The standard InChI is InChI=1S/C24H27ClN2O5S.C17H21ClN2O3/c1-16-6-12-19(13-7-16)33(29,30)31-15-21(17-8-10-18(11-9-17)24(2,3)4)32-20-14-26-27(5)23(28)22(20)25;1-17(2,3)12-7-5-11(6-8-12)14(10-21)23-13-9-19-20(4)16(22)15(13)18/h6-14,21H,15H2,1-5H3;5-9,14,21H,10H2,1-4H3. The van der Waals surface area contributed by atoms with E-state index in [1.165, 1.54) is 44.2 Å². The number of halogens is 2. The summed E-state index contributed by atoms with van der Waals surface area (Å²) in [6, 6.07) is 21.8. The van der Waals surface area contributed by atoms with Crippen LogP contribution in [0.3, 0.4) is 0 Å². The van der Waals surface area contributed by atoms with Crippen LogP contribution in [0.25, 0.3) is 0 Å². The molecule has 5 aromatic rings. The molecule has 0 saturated heterocycles. The Morgan fingerprint density at radius 1 is 0.679 bits per heavy atom. The molecular weight excluding hydrogens is 779 g/mol. The molecule has 0 bridgehead atoms. The predicted octanol–water partition coefficient (Wildman–Crippen LogP) is 7.41. The van der Waals surface area contributed by atoms with Crippen LogP contribution in [0.15, 0.2) is 99.7 Å². The summed E-state index contributed by atoms with van der Waals surface area (Å²) in [6.07, 6.45) is 1.21. The highest BCUT2D eigenvalue weighted by molar-refractivity contribution is 7.86. The first-order valence-electron chi connectivity index (χ1n) is 17.7. The molecule has 0 spiro atoms. The molecule has 5 rings (SSSR count). The minimum Gasteiger partial charge on any atom is -0.480 e. The maximum Gasteiger partial charge on any atom is 0.297 e. The molecule has 300 valence electrons. The Kier molecular flexibility index (Phi) is 14.3. The van der Waals surface area contributed by atoms with E-state index < -0.39 is 33.4 Å². The van der Waals surface area contributed by atoms with Gasteiger partial charge in [-0.1, -0.05) is 131 Å². The van der Waals surface area contributed by atoms with Gasteiger partial charge in [-0.25, -0.2) is 9.36 Å². The average Bonchev–Trinajstić information content (AvgIpc) is 3.15. The fourth-order valence-corrected chi connectivity index (χ4v) is 6.53. The Labute approximate surface area is 337 Å². The lowest BCUT2D eigenvalue weighted by Gasteiger charge is -2.23. The van der Waals surface area contributed by atoms with E-state index in [2.05, 4.69) is 51.7 Å². The number of aliphatic hydroxyl groups excluding tert-OH is 1. The summed E-state index contributed by atoms with van der Waals surface area (Å²) in [5.74, 6) is 0.203. The first kappa shape index (κ1) is 44.2. The monoisotopic (exact) mass is 826 g/mol. The van der Waals surface area contributed by atoms with E-state index in [1.54, 1.807) is 12.1 Å². The van der Waals surface area contributed by atoms with Crippen molar-refractivity contribution in [2.24, 2.45) is 14.1 Å². The van der Waals surface area contributed by atoms with Crippen LogP contribution in [0.1, 0.15) is 81.6 Å². The highest BCUT2D eigenvalue weighted by Crippen LogP contribution is 2.31. The second-order valence-electron chi connectivity index (χ2n) is 15.2. The van der Waals surface area contributed by atoms with Crippen LogP contribution < -0.4 is 20.6 Å². The topological polar surface area (TPSA) is 152 Å². The van der Waals surface area contributed by atoms with Gasteiger partial charge in [-0.15, -0.1) is 0 Å². The Balaban J connectivity index is 0.000000265. The van der Waals surface area contributed by atoms with Crippen LogP contribution in [-0.2, 0) is 39.2 Å². The summed E-state index contributed by atoms with van der Waals surface area (Å²) >= 11 is 12.2. The van der Waals surface area contributed by atoms with Crippen molar-refractivity contribution in [2.75, 3.05) is 13.2 Å². The lowest BCUT2D eigenvalue weighted by molar-refractivity contribution is 0.115. The molecule has 2 atom stereocenters. The van der Waals surface area contributed by atoms with Gasteiger partial charge in [0.25, 0.3) is 21.2 Å². The third kappa shape index (κ3) is 11.3. The van der Waals surface area contributed by atoms with Crippen LogP contribution >= 0.6 is 23.2 Å². The molecule has 1 N–H and O–H groups in total. The molecule has 0 saturated carbocycles. The second-order valence-corrected chi connectivity index (χ2v) is 17.6. The van der Waals surface area contributed by atoms with Crippen molar-refractivity contribution in [1.29, 1.82) is 0 Å². The van der Waals surface area contributed by atoms with Gasteiger partial charge in [0.1, 0.15) is 18.8 Å². The number of hydrogen-bond donors (Lipinski definition) is 1. The van der Waals surface area contributed by atoms with E-state index in [-0.39, 0.29) is 50.5 Å². The van der Waals surface area contributed by atoms with Gasteiger partial charge in [0.2, 0.25) is 0 Å². The summed E-state index contributed by atoms with van der Waals surface area (Å²) in [4.78, 5) is 24.0. The molecule has 0 radical (unpaired) electrons. The van der Waals surface area contributed by atoms with Crippen LogP contribution in [0.4, 0.5) is 0 Å². The van der Waals surface area contributed by atoms with Gasteiger partial charge in [0.15, 0.2) is 21.5 Å². The van der Waals surface area contributed by atoms with Crippen LogP contribution in [0.5, 0.6) is 11.5 Å². The van der Waals surface area contributed by atoms with Crippen molar-refractivity contribution < 1.29 is 27.2 Å². The van der Waals surface area contributed by atoms with Crippen molar-refractivity contribution in [2.45, 2.75) is 76.4 Å². The van der Waals surface area contributed by atoms with Gasteiger partial charge in [0, 0.05) is 14.1 Å². The third-order valence-electron chi connectivity index (χ3n) is 8.78. The summed E-state index contributed by atoms with van der Waals surface area (Å²) < 4.78 is 44.6. The van der Waals surface area contributed by atoms with Crippen molar-refractivity contribution in [3.63, 3.8) is 0 Å². The number of nitrogens with zero attached hydrogens (tertiary/aromatic N) is 4. The van der Waals surface area contributed by atoms with Gasteiger partial charge in [-0.05, 0) is 52.1 Å². The highest BCUT2D eigenvalue weighted by Gasteiger charge is 2.24. The van der Waals surface area contributed by atoms with Crippen molar-refractivity contribution in [1.82, 2.24) is 19.6 Å². The Hall–Kier alpha value is -4.53. The molecule has 56 heavy (non-hydrogen) atoms. The number of aryl methyl sites for hydroxylation is 3. The van der Waals surface area contributed by atoms with Crippen molar-refractivity contribution in [3.8, 4) is 11.5 Å². The molecule has 2 unspecified atom stereocenters. The third-order valence-corrected chi connectivity index (χ3v) is 10.8. The lowest BCUT2D eigenvalue weighted by Crippen LogP contribution is -2.23. The van der Waals surface area contributed by atoms with Crippen molar-refractivity contribution in [3.05, 3.63) is 144 Å². The quantitative estimate of drug-likeness (QED) is 0.133. The van der Waals surface area contributed by atoms with Crippen LogP contribution in [-0.4, -0.2) is 46.3 Å². The Morgan fingerprint density at radius 2 is 1.07 bits per heavy atom. The van der Waals surface area contributed by atoms with E-state index in [4.69, 9.17) is 36.9 Å². The predicted molar refractivity (Wildman–Crippen MR) is 217 cm³/mol. The minimum absolute atomic E-state index is 0.0426. The highest BCUT2D eigenvalue weighted by atomic mass is 35.5. The first-order valence-corrected chi connectivity index (χ1v) is 19.8. The number of aliphatic hydroxyl groups is 1. The molecule has 0 aliphatic heterocycles. The van der Waals surface area contributed by atoms with E-state index in [1.807, 2.05) is 55.5 Å². The van der Waals surface area contributed by atoms with Gasteiger partial charge >= 0.3 is 0 Å². The minimum atomic E-state index is -4.02. The summed E-state index contributed by atoms with van der Waals surface area (Å²) in [6.45, 7) is 14.0. The molecule has 0 aliphatic carbocycles. The molecule has 0 aliphatic rings. The van der Waals surface area contributed by atoms with Crippen LogP contribution in [0, 0.1) is 6.92 Å². The number of hydrogen-bond acceptors (Lipinski definition) is 10. The first-order chi connectivity index (χ1) is 26.1. The Bertz CT molecular complexity index is 2330. The molecule has 3 aromatic carbocycles. The number of rotatable bonds is 11. The number of ether oxygens (including phenoxy) is 2. The average molecular weight is 828 g/mol. The van der Waals surface area contributed by atoms with E-state index >= 15 is 0 Å². The normalized spacial score (nSPS) is 13.0. The fourth-order valence-electron chi connectivity index (χ4n) is 5.19. The van der Waals surface area contributed by atoms with Gasteiger partial charge in [-0.3, -0.25) is 13.8 Å². The van der Waals surface area contributed by atoms with E-state index in [0.717, 1.165) is 26.1 Å². The van der Waals surface area contributed by atoms with Gasteiger partial charge in [0.05, 0.1) is 23.9 Å².